The predicted molar refractivity (Wildman–Crippen MR) is 96.9 cm³/mol. The minimum atomic E-state index is -0.867. The SMILES string of the molecule is CN([C@H]1C[C@@H](CSC(=N)c2cc(F)ccc2O)C1)[C@H](CS)C(=O)O. The number of thiol groups is 1. The second kappa shape index (κ2) is 8.22. The summed E-state index contributed by atoms with van der Waals surface area (Å²) < 4.78 is 13.2. The molecule has 0 spiro atoms. The predicted octanol–water partition coefficient (Wildman–Crippen LogP) is 2.68. The minimum Gasteiger partial charge on any atom is -0.507 e. The molecule has 0 aromatic heterocycles. The first-order valence-corrected chi connectivity index (χ1v) is 9.21. The van der Waals surface area contributed by atoms with Crippen LogP contribution >= 0.6 is 24.4 Å². The lowest BCUT2D eigenvalue weighted by Gasteiger charge is -2.43. The zero-order valence-corrected chi connectivity index (χ0v) is 15.0. The summed E-state index contributed by atoms with van der Waals surface area (Å²) in [7, 11) is 1.80. The van der Waals surface area contributed by atoms with Crippen molar-refractivity contribution in [2.75, 3.05) is 18.6 Å². The summed E-state index contributed by atoms with van der Waals surface area (Å²) in [4.78, 5) is 13.0. The van der Waals surface area contributed by atoms with Crippen molar-refractivity contribution < 1.29 is 19.4 Å². The number of aliphatic carboxylic acids is 1. The van der Waals surface area contributed by atoms with Gasteiger partial charge in [0.2, 0.25) is 0 Å². The van der Waals surface area contributed by atoms with E-state index in [2.05, 4.69) is 12.6 Å². The maximum atomic E-state index is 13.2. The lowest BCUT2D eigenvalue weighted by atomic mass is 9.80. The van der Waals surface area contributed by atoms with E-state index in [1.54, 1.807) is 7.05 Å². The first kappa shape index (κ1) is 19.1. The second-order valence-electron chi connectivity index (χ2n) is 5.99. The minimum absolute atomic E-state index is 0.0989. The third-order valence-electron chi connectivity index (χ3n) is 4.40. The monoisotopic (exact) mass is 372 g/mol. The number of likely N-dealkylation sites (N-methyl/N-ethyl adjacent to an activating group) is 1. The maximum absolute atomic E-state index is 13.2. The van der Waals surface area contributed by atoms with E-state index in [-0.39, 0.29) is 28.2 Å². The Morgan fingerprint density at radius 2 is 2.21 bits per heavy atom. The molecule has 24 heavy (non-hydrogen) atoms. The zero-order chi connectivity index (χ0) is 17.9. The van der Waals surface area contributed by atoms with Gasteiger partial charge in [0.25, 0.3) is 0 Å². The van der Waals surface area contributed by atoms with Gasteiger partial charge in [-0.15, -0.1) is 11.8 Å². The van der Waals surface area contributed by atoms with Crippen LogP contribution in [0.4, 0.5) is 4.39 Å². The normalized spacial score (nSPS) is 21.3. The fourth-order valence-corrected chi connectivity index (χ4v) is 4.18. The summed E-state index contributed by atoms with van der Waals surface area (Å²) in [6.07, 6.45) is 1.73. The average molecular weight is 372 g/mol. The number of thioether (sulfide) groups is 1. The molecule has 132 valence electrons. The van der Waals surface area contributed by atoms with Crippen molar-refractivity contribution in [2.24, 2.45) is 5.92 Å². The van der Waals surface area contributed by atoms with Crippen LogP contribution in [-0.4, -0.2) is 56.8 Å². The standard InChI is InChI=1S/C16H21FN2O3S2/c1-19(13(7-23)16(21)22)11-4-9(5-11)8-24-15(18)12-6-10(17)2-3-14(12)20/h2-3,6,9,11,13,18,20,23H,4-5,7-8H2,1H3,(H,21,22)/t9-,11+,13-/m1/s1. The lowest BCUT2D eigenvalue weighted by molar-refractivity contribution is -0.143. The van der Waals surface area contributed by atoms with Crippen LogP contribution in [0.3, 0.4) is 0 Å². The average Bonchev–Trinajstić information content (AvgIpc) is 2.48. The van der Waals surface area contributed by atoms with Gasteiger partial charge in [-0.2, -0.15) is 12.6 Å². The number of carbonyl (C=O) groups is 1. The van der Waals surface area contributed by atoms with E-state index in [4.69, 9.17) is 10.5 Å². The van der Waals surface area contributed by atoms with Gasteiger partial charge in [0.1, 0.15) is 17.6 Å². The van der Waals surface area contributed by atoms with Crippen molar-refractivity contribution in [1.29, 1.82) is 5.41 Å². The molecular formula is C16H21FN2O3S2. The fourth-order valence-electron chi connectivity index (χ4n) is 2.77. The number of nitrogens with one attached hydrogen (secondary N) is 1. The molecule has 0 aliphatic heterocycles. The molecule has 0 unspecified atom stereocenters. The third-order valence-corrected chi connectivity index (χ3v) is 5.90. The quantitative estimate of drug-likeness (QED) is 0.336. The number of carboxylic acids is 1. The number of aromatic hydroxyl groups is 1. The summed E-state index contributed by atoms with van der Waals surface area (Å²) in [6.45, 7) is 0. The summed E-state index contributed by atoms with van der Waals surface area (Å²) in [6, 6.07) is 3.18. The van der Waals surface area contributed by atoms with Gasteiger partial charge in [-0.3, -0.25) is 15.1 Å². The topological polar surface area (TPSA) is 84.6 Å². The van der Waals surface area contributed by atoms with Gasteiger partial charge in [-0.25, -0.2) is 4.39 Å². The molecule has 0 saturated heterocycles. The molecule has 0 radical (unpaired) electrons. The largest absolute Gasteiger partial charge is 0.507 e. The first-order chi connectivity index (χ1) is 11.3. The molecule has 1 aliphatic rings. The van der Waals surface area contributed by atoms with Gasteiger partial charge < -0.3 is 10.2 Å². The summed E-state index contributed by atoms with van der Waals surface area (Å²) in [5.74, 6) is -0.104. The Bertz CT molecular complexity index is 623. The number of carboxylic acid groups (broad SMARTS) is 1. The maximum Gasteiger partial charge on any atom is 0.321 e. The molecule has 1 aromatic rings. The molecule has 8 heteroatoms. The van der Waals surface area contributed by atoms with E-state index < -0.39 is 17.8 Å². The number of hydrogen-bond acceptors (Lipinski definition) is 6. The molecule has 1 aliphatic carbocycles. The Morgan fingerprint density at radius 1 is 1.54 bits per heavy atom. The number of rotatable bonds is 7. The van der Waals surface area contributed by atoms with E-state index in [9.17, 15) is 14.3 Å². The van der Waals surface area contributed by atoms with Gasteiger partial charge in [0, 0.05) is 17.5 Å². The molecule has 1 aromatic carbocycles. The van der Waals surface area contributed by atoms with E-state index in [1.807, 2.05) is 4.90 Å². The fraction of sp³-hybridized carbons (Fsp3) is 0.500. The smallest absolute Gasteiger partial charge is 0.321 e. The summed E-state index contributed by atoms with van der Waals surface area (Å²) in [5.41, 5.74) is 0.203. The van der Waals surface area contributed by atoms with Crippen molar-refractivity contribution >= 4 is 35.4 Å². The van der Waals surface area contributed by atoms with Crippen LogP contribution in [0.5, 0.6) is 5.75 Å². The van der Waals surface area contributed by atoms with Crippen molar-refractivity contribution in [2.45, 2.75) is 24.9 Å². The zero-order valence-electron chi connectivity index (χ0n) is 13.3. The Kier molecular flexibility index (Phi) is 6.54. The Balaban J connectivity index is 1.80. The highest BCUT2D eigenvalue weighted by Crippen LogP contribution is 2.36. The molecule has 2 rings (SSSR count). The molecule has 5 nitrogen and oxygen atoms in total. The highest BCUT2D eigenvalue weighted by atomic mass is 32.2. The van der Waals surface area contributed by atoms with Crippen LogP contribution in [0.15, 0.2) is 18.2 Å². The van der Waals surface area contributed by atoms with E-state index in [0.29, 0.717) is 11.7 Å². The van der Waals surface area contributed by atoms with Crippen LogP contribution in [0.1, 0.15) is 18.4 Å². The molecule has 0 heterocycles. The number of phenols is 1. The molecule has 1 fully saturated rings. The van der Waals surface area contributed by atoms with Crippen LogP contribution in [0.25, 0.3) is 0 Å². The molecule has 1 atom stereocenters. The van der Waals surface area contributed by atoms with E-state index in [1.165, 1.54) is 17.8 Å². The highest BCUT2D eigenvalue weighted by Gasteiger charge is 2.36. The van der Waals surface area contributed by atoms with Crippen LogP contribution in [0.2, 0.25) is 0 Å². The summed E-state index contributed by atoms with van der Waals surface area (Å²) >= 11 is 5.37. The van der Waals surface area contributed by atoms with E-state index >= 15 is 0 Å². The second-order valence-corrected chi connectivity index (χ2v) is 7.39. The van der Waals surface area contributed by atoms with Crippen molar-refractivity contribution in [3.63, 3.8) is 0 Å². The number of hydrogen-bond donors (Lipinski definition) is 4. The number of phenolic OH excluding ortho intramolecular Hbond substituents is 1. The molecule has 1 saturated carbocycles. The molecule has 0 amide bonds. The van der Waals surface area contributed by atoms with Crippen molar-refractivity contribution in [1.82, 2.24) is 4.90 Å². The number of benzene rings is 1. The van der Waals surface area contributed by atoms with Gasteiger partial charge in [-0.05, 0) is 44.0 Å². The van der Waals surface area contributed by atoms with Crippen LogP contribution in [-0.2, 0) is 4.79 Å². The molecule has 3 N–H and O–H groups in total. The summed E-state index contributed by atoms with van der Waals surface area (Å²) in [5, 5.41) is 27.0. The Labute approximate surface area is 150 Å². The Hall–Kier alpha value is -1.25. The third kappa shape index (κ3) is 4.43. The van der Waals surface area contributed by atoms with Crippen LogP contribution < -0.4 is 0 Å². The Morgan fingerprint density at radius 3 is 2.79 bits per heavy atom. The van der Waals surface area contributed by atoms with Crippen molar-refractivity contribution in [3.8, 4) is 5.75 Å². The van der Waals surface area contributed by atoms with Crippen LogP contribution in [0, 0.1) is 17.1 Å². The van der Waals surface area contributed by atoms with E-state index in [0.717, 1.165) is 25.0 Å². The van der Waals surface area contributed by atoms with Gasteiger partial charge in [-0.1, -0.05) is 0 Å². The first-order valence-electron chi connectivity index (χ1n) is 7.59. The molecule has 0 bridgehead atoms. The lowest BCUT2D eigenvalue weighted by Crippen LogP contribution is -2.51. The number of nitrogens with zero attached hydrogens (tertiary/aromatic N) is 1. The van der Waals surface area contributed by atoms with Gasteiger partial charge >= 0.3 is 5.97 Å². The number of halogens is 1. The van der Waals surface area contributed by atoms with Gasteiger partial charge in [0.15, 0.2) is 0 Å². The van der Waals surface area contributed by atoms with Gasteiger partial charge in [0.05, 0.1) is 10.6 Å². The molecular weight excluding hydrogens is 351 g/mol. The highest BCUT2D eigenvalue weighted by molar-refractivity contribution is 8.14. The van der Waals surface area contributed by atoms with Crippen molar-refractivity contribution in [3.05, 3.63) is 29.6 Å².